The maximum absolute atomic E-state index is 12.6. The monoisotopic (exact) mass is 255 g/mol. The number of H-pyrrole nitrogens is 1. The molecular formula is C15H17N3O. The molecule has 2 fully saturated rings. The quantitative estimate of drug-likeness (QED) is 0.816. The second-order valence-corrected chi connectivity index (χ2v) is 5.46. The smallest absolute Gasteiger partial charge is 0.244 e. The Kier molecular flexibility index (Phi) is 2.38. The maximum atomic E-state index is 12.6. The normalized spacial score (nSPS) is 26.9. The molecule has 2 atom stereocenters. The molecule has 0 aliphatic carbocycles. The second kappa shape index (κ2) is 4.10. The van der Waals surface area contributed by atoms with Crippen LogP contribution in [0.25, 0.3) is 10.9 Å². The van der Waals surface area contributed by atoms with Gasteiger partial charge in [0.05, 0.1) is 0 Å². The fourth-order valence-electron chi connectivity index (χ4n) is 3.42. The molecule has 0 radical (unpaired) electrons. The molecule has 4 rings (SSSR count). The summed E-state index contributed by atoms with van der Waals surface area (Å²) in [5.74, 6) is 0.235. The van der Waals surface area contributed by atoms with Crippen molar-refractivity contribution < 1.29 is 4.79 Å². The number of hydrogen-bond donors (Lipinski definition) is 2. The molecule has 0 saturated carbocycles. The third-order valence-electron chi connectivity index (χ3n) is 4.40. The summed E-state index contributed by atoms with van der Waals surface area (Å²) in [6, 6.07) is 8.37. The first-order valence-corrected chi connectivity index (χ1v) is 6.94. The van der Waals surface area contributed by atoms with Crippen molar-refractivity contribution >= 4 is 16.8 Å². The Morgan fingerprint density at radius 2 is 2.16 bits per heavy atom. The Morgan fingerprint density at radius 3 is 3.11 bits per heavy atom. The molecule has 0 bridgehead atoms. The fraction of sp³-hybridized carbons (Fsp3) is 0.400. The number of amides is 1. The van der Waals surface area contributed by atoms with E-state index >= 15 is 0 Å². The molecule has 2 aliphatic heterocycles. The van der Waals surface area contributed by atoms with E-state index in [9.17, 15) is 4.79 Å². The molecule has 1 aromatic heterocycles. The van der Waals surface area contributed by atoms with Gasteiger partial charge in [0.25, 0.3) is 0 Å². The highest BCUT2D eigenvalue weighted by Crippen LogP contribution is 2.31. The fourth-order valence-corrected chi connectivity index (χ4v) is 3.42. The standard InChI is InChI=1S/C15H17N3O/c19-15-14(17-8-10-4-3-7-18(10)15)12-9-16-13-6-2-1-5-11(12)13/h1-2,5-6,9-10,14,16-17H,3-4,7-8H2. The summed E-state index contributed by atoms with van der Waals surface area (Å²) < 4.78 is 0. The maximum Gasteiger partial charge on any atom is 0.244 e. The first-order chi connectivity index (χ1) is 9.34. The summed E-state index contributed by atoms with van der Waals surface area (Å²) in [7, 11) is 0. The number of para-hydroxylation sites is 1. The number of hydrogen-bond acceptors (Lipinski definition) is 2. The van der Waals surface area contributed by atoms with Crippen molar-refractivity contribution in [2.24, 2.45) is 0 Å². The van der Waals surface area contributed by atoms with Crippen molar-refractivity contribution in [2.75, 3.05) is 13.1 Å². The molecule has 1 aromatic carbocycles. The predicted octanol–water partition coefficient (Wildman–Crippen LogP) is 1.80. The van der Waals surface area contributed by atoms with Crippen molar-refractivity contribution in [1.29, 1.82) is 0 Å². The van der Waals surface area contributed by atoms with Crippen LogP contribution in [-0.2, 0) is 4.79 Å². The Morgan fingerprint density at radius 1 is 1.26 bits per heavy atom. The van der Waals surface area contributed by atoms with Gasteiger partial charge in [0.1, 0.15) is 6.04 Å². The average Bonchev–Trinajstić information content (AvgIpc) is 3.06. The highest BCUT2D eigenvalue weighted by atomic mass is 16.2. The van der Waals surface area contributed by atoms with E-state index in [-0.39, 0.29) is 11.9 Å². The highest BCUT2D eigenvalue weighted by molar-refractivity contribution is 5.92. The lowest BCUT2D eigenvalue weighted by Gasteiger charge is -2.35. The first kappa shape index (κ1) is 11.1. The Labute approximate surface area is 111 Å². The SMILES string of the molecule is O=C1C(c2c[nH]c3ccccc23)NCC2CCCN12. The summed E-state index contributed by atoms with van der Waals surface area (Å²) >= 11 is 0. The van der Waals surface area contributed by atoms with Gasteiger partial charge in [0, 0.05) is 41.8 Å². The van der Waals surface area contributed by atoms with Gasteiger partial charge in [0.2, 0.25) is 5.91 Å². The van der Waals surface area contributed by atoms with Gasteiger partial charge in [-0.15, -0.1) is 0 Å². The van der Waals surface area contributed by atoms with Crippen molar-refractivity contribution in [3.05, 3.63) is 36.0 Å². The number of fused-ring (bicyclic) bond motifs is 2. The lowest BCUT2D eigenvalue weighted by atomic mass is 10.0. The number of carbonyl (C=O) groups excluding carboxylic acids is 1. The summed E-state index contributed by atoms with van der Waals surface area (Å²) in [5, 5.41) is 4.57. The van der Waals surface area contributed by atoms with Gasteiger partial charge >= 0.3 is 0 Å². The van der Waals surface area contributed by atoms with Crippen LogP contribution < -0.4 is 5.32 Å². The van der Waals surface area contributed by atoms with Crippen LogP contribution in [0, 0.1) is 0 Å². The third kappa shape index (κ3) is 1.60. The number of piperazine rings is 1. The van der Waals surface area contributed by atoms with E-state index in [0.29, 0.717) is 6.04 Å². The molecule has 2 saturated heterocycles. The summed E-state index contributed by atoms with van der Waals surface area (Å²) in [6.45, 7) is 1.83. The predicted molar refractivity (Wildman–Crippen MR) is 73.8 cm³/mol. The van der Waals surface area contributed by atoms with E-state index < -0.39 is 0 Å². The lowest BCUT2D eigenvalue weighted by Crippen LogP contribution is -2.53. The van der Waals surface area contributed by atoms with Crippen molar-refractivity contribution in [1.82, 2.24) is 15.2 Å². The van der Waals surface area contributed by atoms with Crippen LogP contribution in [-0.4, -0.2) is 34.9 Å². The van der Waals surface area contributed by atoms with Crippen LogP contribution in [0.4, 0.5) is 0 Å². The Hall–Kier alpha value is -1.81. The Bertz CT molecular complexity index is 633. The topological polar surface area (TPSA) is 48.1 Å². The molecule has 0 spiro atoms. The molecule has 2 aromatic rings. The van der Waals surface area contributed by atoms with Crippen LogP contribution in [0.15, 0.2) is 30.5 Å². The molecule has 4 heteroatoms. The summed E-state index contributed by atoms with van der Waals surface area (Å²) in [4.78, 5) is 17.9. The van der Waals surface area contributed by atoms with Gasteiger partial charge in [0.15, 0.2) is 0 Å². The van der Waals surface area contributed by atoms with Crippen LogP contribution in [0.5, 0.6) is 0 Å². The first-order valence-electron chi connectivity index (χ1n) is 6.94. The minimum Gasteiger partial charge on any atom is -0.361 e. The number of nitrogens with zero attached hydrogens (tertiary/aromatic N) is 1. The number of rotatable bonds is 1. The van der Waals surface area contributed by atoms with Crippen LogP contribution in [0.1, 0.15) is 24.4 Å². The number of benzene rings is 1. The molecule has 4 nitrogen and oxygen atoms in total. The number of aromatic nitrogens is 1. The number of nitrogens with one attached hydrogen (secondary N) is 2. The molecule has 1 amide bonds. The number of aromatic amines is 1. The molecule has 2 unspecified atom stereocenters. The van der Waals surface area contributed by atoms with E-state index in [1.54, 1.807) is 0 Å². The zero-order valence-electron chi connectivity index (χ0n) is 10.7. The van der Waals surface area contributed by atoms with E-state index in [2.05, 4.69) is 21.3 Å². The van der Waals surface area contributed by atoms with Gasteiger partial charge in [-0.1, -0.05) is 18.2 Å². The summed E-state index contributed by atoms with van der Waals surface area (Å²) in [5.41, 5.74) is 2.17. The third-order valence-corrected chi connectivity index (χ3v) is 4.40. The second-order valence-electron chi connectivity index (χ2n) is 5.46. The molecule has 98 valence electrons. The Balaban J connectivity index is 1.74. The van der Waals surface area contributed by atoms with E-state index in [4.69, 9.17) is 0 Å². The molecule has 2 aliphatic rings. The van der Waals surface area contributed by atoms with Gasteiger partial charge in [-0.05, 0) is 18.9 Å². The number of carbonyl (C=O) groups is 1. The lowest BCUT2D eigenvalue weighted by molar-refractivity contribution is -0.137. The van der Waals surface area contributed by atoms with Crippen molar-refractivity contribution in [3.8, 4) is 0 Å². The average molecular weight is 255 g/mol. The summed E-state index contributed by atoms with van der Waals surface area (Å²) in [6.07, 6.45) is 4.24. The minimum atomic E-state index is -0.189. The molecule has 19 heavy (non-hydrogen) atoms. The minimum absolute atomic E-state index is 0.189. The largest absolute Gasteiger partial charge is 0.361 e. The van der Waals surface area contributed by atoms with Gasteiger partial charge in [-0.25, -0.2) is 0 Å². The van der Waals surface area contributed by atoms with Gasteiger partial charge in [-0.2, -0.15) is 0 Å². The van der Waals surface area contributed by atoms with Crippen LogP contribution in [0.2, 0.25) is 0 Å². The molecule has 3 heterocycles. The van der Waals surface area contributed by atoms with E-state index in [1.807, 2.05) is 24.4 Å². The van der Waals surface area contributed by atoms with Crippen LogP contribution >= 0.6 is 0 Å². The van der Waals surface area contributed by atoms with Crippen molar-refractivity contribution in [2.45, 2.75) is 24.9 Å². The van der Waals surface area contributed by atoms with Crippen LogP contribution in [0.3, 0.4) is 0 Å². The van der Waals surface area contributed by atoms with E-state index in [0.717, 1.165) is 42.4 Å². The van der Waals surface area contributed by atoms with Crippen molar-refractivity contribution in [3.63, 3.8) is 0 Å². The van der Waals surface area contributed by atoms with E-state index in [1.165, 1.54) is 0 Å². The highest BCUT2D eigenvalue weighted by Gasteiger charge is 2.38. The van der Waals surface area contributed by atoms with Gasteiger partial charge < -0.3 is 15.2 Å². The zero-order chi connectivity index (χ0) is 12.8. The molecule has 2 N–H and O–H groups in total. The van der Waals surface area contributed by atoms with Gasteiger partial charge in [-0.3, -0.25) is 4.79 Å². The zero-order valence-corrected chi connectivity index (χ0v) is 10.7. The molecular weight excluding hydrogens is 238 g/mol.